The van der Waals surface area contributed by atoms with Crippen LogP contribution in [0.25, 0.3) is 37.7 Å². The molecule has 0 aliphatic heterocycles. The quantitative estimate of drug-likeness (QED) is 0.0144. The van der Waals surface area contributed by atoms with Crippen molar-refractivity contribution in [1.29, 1.82) is 5.26 Å². The largest absolute Gasteiger partial charge is 0.493 e. The Morgan fingerprint density at radius 2 is 1.30 bits per heavy atom. The number of nitriles is 1. The fourth-order valence-corrected chi connectivity index (χ4v) is 14.2. The monoisotopic (exact) mass is 1340 g/mol. The number of ether oxygens (including phenoxy) is 1. The first-order valence-corrected chi connectivity index (χ1v) is 34.5. The molecule has 5 aromatic carbocycles. The zero-order chi connectivity index (χ0) is 63.4. The van der Waals surface area contributed by atoms with E-state index in [1.54, 1.807) is 6.92 Å². The van der Waals surface area contributed by atoms with Gasteiger partial charge in [0.15, 0.2) is 11.3 Å². The highest BCUT2D eigenvalue weighted by atomic mass is 32.2. The molecule has 0 aliphatic rings. The molecule has 0 unspecified atom stereocenters. The first-order chi connectivity index (χ1) is 39.8. The number of aromatic nitrogens is 3. The summed E-state index contributed by atoms with van der Waals surface area (Å²) < 4.78 is 211. The van der Waals surface area contributed by atoms with E-state index in [1.165, 1.54) is 44.2 Å². The van der Waals surface area contributed by atoms with Crippen molar-refractivity contribution in [3.63, 3.8) is 0 Å². The van der Waals surface area contributed by atoms with E-state index in [0.717, 1.165) is 35.2 Å². The number of hydrogen-bond donors (Lipinski definition) is 8. The highest BCUT2D eigenvalue weighted by molar-refractivity contribution is 7.99. The number of thioether (sulfide) groups is 1. The van der Waals surface area contributed by atoms with Gasteiger partial charge < -0.3 is 15.2 Å². The van der Waals surface area contributed by atoms with Crippen molar-refractivity contribution in [3.8, 4) is 17.7 Å². The summed E-state index contributed by atoms with van der Waals surface area (Å²) in [4.78, 5) is 17.6. The number of fused-ring (bicyclic) bond motifs is 6. The third-order valence-corrected chi connectivity index (χ3v) is 19.5. The number of aryl methyl sites for hydroxylation is 2. The predicted molar refractivity (Wildman–Crippen MR) is 308 cm³/mol. The van der Waals surface area contributed by atoms with Crippen molar-refractivity contribution in [2.45, 2.75) is 65.0 Å². The van der Waals surface area contributed by atoms with Crippen LogP contribution in [0, 0.1) is 32.1 Å². The predicted octanol–water partition coefficient (Wildman–Crippen LogP) is 8.97. The zero-order valence-electron chi connectivity index (χ0n) is 44.0. The molecule has 0 atom stereocenters. The van der Waals surface area contributed by atoms with Gasteiger partial charge in [-0.15, -0.1) is 37.3 Å². The second-order valence-electron chi connectivity index (χ2n) is 18.3. The molecule has 0 aliphatic carbocycles. The first kappa shape index (κ1) is 64.4. The summed E-state index contributed by atoms with van der Waals surface area (Å²) in [6.45, 7) is 5.09. The van der Waals surface area contributed by atoms with Crippen molar-refractivity contribution >= 4 is 167 Å². The summed E-state index contributed by atoms with van der Waals surface area (Å²) >= 11 is 1.42. The van der Waals surface area contributed by atoms with Crippen LogP contribution in [0.5, 0.6) is 11.6 Å². The smallest absolute Gasteiger partial charge is 0.296 e. The number of thiazole rings is 1. The molecule has 3 aromatic heterocycles. The van der Waals surface area contributed by atoms with Gasteiger partial charge in [-0.25, -0.2) is 9.97 Å². The lowest BCUT2D eigenvalue weighted by molar-refractivity contribution is -0.114. The average molecular weight is 1340 g/mol. The summed E-state index contributed by atoms with van der Waals surface area (Å²) in [6.07, 6.45) is -0.384. The van der Waals surface area contributed by atoms with Gasteiger partial charge in [0.05, 0.1) is 55.0 Å². The van der Waals surface area contributed by atoms with Crippen LogP contribution in [-0.2, 0) is 65.5 Å². The van der Waals surface area contributed by atoms with Crippen LogP contribution >= 0.6 is 23.1 Å². The molecule has 1 amide bonds. The Morgan fingerprint density at radius 1 is 0.674 bits per heavy atom. The van der Waals surface area contributed by atoms with Crippen LogP contribution in [0.2, 0.25) is 0 Å². The summed E-state index contributed by atoms with van der Waals surface area (Å²) in [5.41, 5.74) is -0.944. The SMILES string of the molecule is CC(=O)Nc1cc(N=Nc2cc(OCCCS(=O)(=O)O)c(N=Nc3c(C)c(C#N)c4nc5c(C)c(S(=O)(=O)O)ccc5n4c3O)cc2C)c(SCCCS(=O)(=O)O)cc1N=Nc1nc2c(S(=O)(=O)O)cc3c(S(=O)(=O)O)cc(S(=O)(=O)O)cc3c2s1. The van der Waals surface area contributed by atoms with E-state index in [4.69, 9.17) is 4.74 Å². The number of pyridine rings is 1. The Morgan fingerprint density at radius 3 is 1.92 bits per heavy atom. The van der Waals surface area contributed by atoms with Crippen molar-refractivity contribution in [2.75, 3.05) is 29.2 Å². The number of benzene rings is 5. The standard InChI is InChI=1S/C46H41N11O21S8/c1-21-13-32(53-55-41-22(2)28(20-47)44-49-40-23(3)37(84(69,70)71)8-7-34(40)57(44)45(41)59)35(78-9-5-11-81(60,61)62)18-29(21)51-54-33-17-30(48-24(4)58)31(19-36(33)79-10-6-12-82(63,64)65)52-56-46-50-42-39(86(75,76)77)16-26-27(43(42)80-46)14-25(83(66,67)68)15-38(26)85(72,73)74/h7-8,13-19,59H,5-6,9-12H2,1-4H3,(H,48,58)(H,60,61,62)(H,63,64,65)(H,66,67,68)(H,69,70,71)(H,72,73,74)(H,75,76,77). The van der Waals surface area contributed by atoms with Gasteiger partial charge in [0, 0.05) is 34.2 Å². The van der Waals surface area contributed by atoms with E-state index in [9.17, 15) is 93.0 Å². The normalized spacial score (nSPS) is 13.1. The van der Waals surface area contributed by atoms with Crippen molar-refractivity contribution in [2.24, 2.45) is 30.7 Å². The number of aromatic hydroxyl groups is 1. The molecule has 8 aromatic rings. The van der Waals surface area contributed by atoms with E-state index in [1.807, 2.05) is 6.07 Å². The van der Waals surface area contributed by atoms with Crippen molar-refractivity contribution < 1.29 is 92.5 Å². The van der Waals surface area contributed by atoms with Crippen LogP contribution in [0.3, 0.4) is 0 Å². The molecule has 40 heteroatoms. The molecular formula is C46H41N11O21S8. The maximum atomic E-state index is 12.7. The highest BCUT2D eigenvalue weighted by Crippen LogP contribution is 2.46. The van der Waals surface area contributed by atoms with Gasteiger partial charge in [-0.3, -0.25) is 36.5 Å². The molecule has 0 radical (unpaired) electrons. The number of rotatable bonds is 21. The Balaban J connectivity index is 1.24. The molecule has 86 heavy (non-hydrogen) atoms. The fourth-order valence-electron chi connectivity index (χ4n) is 8.37. The van der Waals surface area contributed by atoms with Crippen molar-refractivity contribution in [1.82, 2.24) is 14.4 Å². The van der Waals surface area contributed by atoms with E-state index in [0.29, 0.717) is 29.0 Å². The number of azo groups is 3. The molecule has 0 bridgehead atoms. The topological polar surface area (TPSA) is 513 Å². The number of carbonyl (C=O) groups excluding carboxylic acids is 1. The minimum atomic E-state index is -5.36. The fraction of sp³-hybridized carbons (Fsp3) is 0.217. The van der Waals surface area contributed by atoms with Gasteiger partial charge in [-0.1, -0.05) is 11.3 Å². The second kappa shape index (κ2) is 23.9. The van der Waals surface area contributed by atoms with Gasteiger partial charge in [-0.2, -0.15) is 60.9 Å². The molecular weight excluding hydrogens is 1300 g/mol. The molecule has 8 N–H and O–H groups in total. The van der Waals surface area contributed by atoms with Crippen LogP contribution in [0.1, 0.15) is 42.0 Å². The number of amides is 1. The molecule has 3 heterocycles. The summed E-state index contributed by atoms with van der Waals surface area (Å²) in [5, 5.41) is 48.6. The number of nitrogens with one attached hydrogen (secondary N) is 1. The summed E-state index contributed by atoms with van der Waals surface area (Å²) in [7, 11) is -29.4. The molecule has 454 valence electrons. The highest BCUT2D eigenvalue weighted by Gasteiger charge is 2.29. The lowest BCUT2D eigenvalue weighted by atomic mass is 10.1. The summed E-state index contributed by atoms with van der Waals surface area (Å²) in [5.74, 6) is -2.84. The molecule has 32 nitrogen and oxygen atoms in total. The maximum absolute atomic E-state index is 12.7. The van der Waals surface area contributed by atoms with Gasteiger partial charge in [0.2, 0.25) is 16.9 Å². The van der Waals surface area contributed by atoms with E-state index < -0.39 is 125 Å². The first-order valence-electron chi connectivity index (χ1n) is 23.7. The lowest BCUT2D eigenvalue weighted by Gasteiger charge is -2.13. The number of carbonyl (C=O) groups is 1. The number of imidazole rings is 1. The Kier molecular flexibility index (Phi) is 17.9. The number of nitrogens with zero attached hydrogens (tertiary/aromatic N) is 10. The average Bonchev–Trinajstić information content (AvgIpc) is 1.49. The molecule has 0 saturated carbocycles. The zero-order valence-corrected chi connectivity index (χ0v) is 50.6. The molecule has 0 fully saturated rings. The van der Waals surface area contributed by atoms with Crippen LogP contribution in [0.4, 0.5) is 39.3 Å². The van der Waals surface area contributed by atoms with Gasteiger partial charge in [-0.05, 0) is 99.0 Å². The minimum Gasteiger partial charge on any atom is -0.493 e. The van der Waals surface area contributed by atoms with Crippen LogP contribution in [0.15, 0.2) is 110 Å². The van der Waals surface area contributed by atoms with Crippen LogP contribution in [-0.4, -0.2) is 127 Å². The second-order valence-corrected chi connectivity index (χ2v) is 29.1. The molecule has 8 rings (SSSR count). The molecule has 0 saturated heterocycles. The third kappa shape index (κ3) is 14.3. The Hall–Kier alpha value is -7.63. The third-order valence-electron chi connectivity index (χ3n) is 12.2. The van der Waals surface area contributed by atoms with E-state index >= 15 is 0 Å². The van der Waals surface area contributed by atoms with Gasteiger partial charge in [0.1, 0.15) is 49.8 Å². The Labute approximate surface area is 494 Å². The van der Waals surface area contributed by atoms with Crippen LogP contribution < -0.4 is 10.1 Å². The van der Waals surface area contributed by atoms with E-state index in [2.05, 4.69) is 46.0 Å². The minimum absolute atomic E-state index is 0.00848. The van der Waals surface area contributed by atoms with Gasteiger partial charge >= 0.3 is 0 Å². The lowest BCUT2D eigenvalue weighted by Crippen LogP contribution is -2.08. The number of anilines is 1. The van der Waals surface area contributed by atoms with E-state index in [-0.39, 0.29) is 108 Å². The number of hydrogen-bond acceptors (Lipinski definition) is 26. The summed E-state index contributed by atoms with van der Waals surface area (Å²) in [6, 6.07) is 11.2. The van der Waals surface area contributed by atoms with Crippen molar-refractivity contribution in [3.05, 3.63) is 76.9 Å². The van der Waals surface area contributed by atoms with Gasteiger partial charge in [0.25, 0.3) is 60.7 Å². The maximum Gasteiger partial charge on any atom is 0.296 e. The Bertz CT molecular complexity index is 5080. The molecule has 0 spiro atoms.